The lowest BCUT2D eigenvalue weighted by Gasteiger charge is -2.00. The Labute approximate surface area is 87.4 Å². The second kappa shape index (κ2) is 5.32. The number of benzene rings is 1. The molecular formula is C10H11ClOS. The highest BCUT2D eigenvalue weighted by atomic mass is 35.5. The van der Waals surface area contributed by atoms with Crippen molar-refractivity contribution in [1.82, 2.24) is 0 Å². The molecule has 0 fully saturated rings. The molecule has 1 aromatic rings. The van der Waals surface area contributed by atoms with Crippen LogP contribution in [-0.2, 0) is 6.61 Å². The van der Waals surface area contributed by atoms with Gasteiger partial charge in [-0.1, -0.05) is 30.3 Å². The predicted octanol–water partition coefficient (Wildman–Crippen LogP) is 3.02. The van der Waals surface area contributed by atoms with Crippen LogP contribution in [0.2, 0.25) is 0 Å². The van der Waals surface area contributed by atoms with E-state index in [1.807, 2.05) is 24.3 Å². The third-order valence-corrected chi connectivity index (χ3v) is 2.89. The fourth-order valence-electron chi connectivity index (χ4n) is 0.853. The van der Waals surface area contributed by atoms with Gasteiger partial charge in [-0.2, -0.15) is 0 Å². The Balaban J connectivity index is 2.54. The van der Waals surface area contributed by atoms with Gasteiger partial charge in [-0.25, -0.2) is 0 Å². The fraction of sp³-hybridized carbons (Fsp3) is 0.200. The maximum absolute atomic E-state index is 8.80. The number of hydrogen-bond donors (Lipinski definition) is 1. The van der Waals surface area contributed by atoms with Gasteiger partial charge in [0.15, 0.2) is 0 Å². The molecule has 0 bridgehead atoms. The van der Waals surface area contributed by atoms with Crippen LogP contribution in [0.5, 0.6) is 0 Å². The molecule has 0 radical (unpaired) electrons. The van der Waals surface area contributed by atoms with Crippen LogP contribution in [0.1, 0.15) is 5.56 Å². The average Bonchev–Trinajstić information content (AvgIpc) is 2.15. The van der Waals surface area contributed by atoms with E-state index in [1.165, 1.54) is 0 Å². The van der Waals surface area contributed by atoms with Crippen LogP contribution < -0.4 is 0 Å². The smallest absolute Gasteiger partial charge is 0.0681 e. The van der Waals surface area contributed by atoms with Crippen molar-refractivity contribution in [2.45, 2.75) is 11.5 Å². The Kier molecular flexibility index (Phi) is 4.36. The van der Waals surface area contributed by atoms with Gasteiger partial charge >= 0.3 is 0 Å². The van der Waals surface area contributed by atoms with Crippen LogP contribution in [0, 0.1) is 0 Å². The SMILES string of the molecule is C=C(Cl)CSc1ccc(CO)cc1. The summed E-state index contributed by atoms with van der Waals surface area (Å²) in [5.74, 6) is 0.722. The molecule has 0 spiro atoms. The van der Waals surface area contributed by atoms with Crippen LogP contribution in [0.4, 0.5) is 0 Å². The van der Waals surface area contributed by atoms with Crippen molar-refractivity contribution in [1.29, 1.82) is 0 Å². The van der Waals surface area contributed by atoms with Crippen molar-refractivity contribution in [2.75, 3.05) is 5.75 Å². The zero-order valence-corrected chi connectivity index (χ0v) is 8.74. The maximum Gasteiger partial charge on any atom is 0.0681 e. The van der Waals surface area contributed by atoms with E-state index in [2.05, 4.69) is 6.58 Å². The van der Waals surface area contributed by atoms with E-state index in [0.29, 0.717) is 5.03 Å². The molecule has 0 saturated heterocycles. The van der Waals surface area contributed by atoms with Crippen molar-refractivity contribution in [3.05, 3.63) is 41.4 Å². The molecule has 70 valence electrons. The van der Waals surface area contributed by atoms with Gasteiger partial charge in [0, 0.05) is 15.7 Å². The Morgan fingerprint density at radius 2 is 2.00 bits per heavy atom. The summed E-state index contributed by atoms with van der Waals surface area (Å²) in [7, 11) is 0. The standard InChI is InChI=1S/C10H11ClOS/c1-8(11)7-13-10-4-2-9(6-12)3-5-10/h2-5,12H,1,6-7H2. The quantitative estimate of drug-likeness (QED) is 0.778. The van der Waals surface area contributed by atoms with Crippen molar-refractivity contribution >= 4 is 23.4 Å². The van der Waals surface area contributed by atoms with Crippen molar-refractivity contribution < 1.29 is 5.11 Å². The molecule has 0 aromatic heterocycles. The van der Waals surface area contributed by atoms with E-state index in [4.69, 9.17) is 16.7 Å². The molecule has 13 heavy (non-hydrogen) atoms. The van der Waals surface area contributed by atoms with Gasteiger partial charge < -0.3 is 5.11 Å². The lowest BCUT2D eigenvalue weighted by Crippen LogP contribution is -1.82. The molecule has 0 aliphatic carbocycles. The van der Waals surface area contributed by atoms with Gasteiger partial charge in [-0.3, -0.25) is 0 Å². The summed E-state index contributed by atoms with van der Waals surface area (Å²) in [5.41, 5.74) is 0.925. The highest BCUT2D eigenvalue weighted by Crippen LogP contribution is 2.21. The van der Waals surface area contributed by atoms with Crippen LogP contribution in [0.25, 0.3) is 0 Å². The lowest BCUT2D eigenvalue weighted by atomic mass is 10.2. The van der Waals surface area contributed by atoms with Crippen LogP contribution in [0.3, 0.4) is 0 Å². The van der Waals surface area contributed by atoms with E-state index in [9.17, 15) is 0 Å². The van der Waals surface area contributed by atoms with E-state index < -0.39 is 0 Å². The number of aliphatic hydroxyl groups excluding tert-OH is 1. The second-order valence-electron chi connectivity index (χ2n) is 2.61. The maximum atomic E-state index is 8.80. The Morgan fingerprint density at radius 1 is 1.38 bits per heavy atom. The van der Waals surface area contributed by atoms with E-state index >= 15 is 0 Å². The minimum Gasteiger partial charge on any atom is -0.392 e. The Hall–Kier alpha value is -0.440. The van der Waals surface area contributed by atoms with Crippen molar-refractivity contribution in [2.24, 2.45) is 0 Å². The van der Waals surface area contributed by atoms with Gasteiger partial charge in [-0.05, 0) is 17.7 Å². The molecule has 1 N–H and O–H groups in total. The van der Waals surface area contributed by atoms with Crippen LogP contribution >= 0.6 is 23.4 Å². The van der Waals surface area contributed by atoms with Gasteiger partial charge in [-0.15, -0.1) is 11.8 Å². The molecule has 0 aliphatic rings. The molecule has 0 saturated carbocycles. The summed E-state index contributed by atoms with van der Waals surface area (Å²) in [5, 5.41) is 9.45. The van der Waals surface area contributed by atoms with E-state index in [0.717, 1.165) is 16.2 Å². The molecule has 1 aromatic carbocycles. The van der Waals surface area contributed by atoms with E-state index in [1.54, 1.807) is 11.8 Å². The first-order valence-corrected chi connectivity index (χ1v) is 5.24. The monoisotopic (exact) mass is 214 g/mol. The Bertz CT molecular complexity index is 281. The molecule has 0 aliphatic heterocycles. The molecule has 0 amide bonds. The number of halogens is 1. The molecular weight excluding hydrogens is 204 g/mol. The minimum absolute atomic E-state index is 0.0904. The number of rotatable bonds is 4. The highest BCUT2D eigenvalue weighted by molar-refractivity contribution is 7.99. The predicted molar refractivity (Wildman–Crippen MR) is 58.1 cm³/mol. The van der Waals surface area contributed by atoms with Gasteiger partial charge in [0.2, 0.25) is 0 Å². The third-order valence-electron chi connectivity index (χ3n) is 1.50. The Morgan fingerprint density at radius 3 is 2.46 bits per heavy atom. The van der Waals surface area contributed by atoms with Gasteiger partial charge in [0.1, 0.15) is 0 Å². The summed E-state index contributed by atoms with van der Waals surface area (Å²) < 4.78 is 0. The molecule has 3 heteroatoms. The van der Waals surface area contributed by atoms with Gasteiger partial charge in [0.25, 0.3) is 0 Å². The summed E-state index contributed by atoms with van der Waals surface area (Å²) in [6, 6.07) is 7.74. The number of hydrogen-bond acceptors (Lipinski definition) is 2. The zero-order valence-electron chi connectivity index (χ0n) is 7.16. The molecule has 0 heterocycles. The normalized spacial score (nSPS) is 10.0. The molecule has 0 atom stereocenters. The summed E-state index contributed by atoms with van der Waals surface area (Å²) >= 11 is 7.27. The highest BCUT2D eigenvalue weighted by Gasteiger charge is 1.95. The largest absolute Gasteiger partial charge is 0.392 e. The fourth-order valence-corrected chi connectivity index (χ4v) is 1.67. The van der Waals surface area contributed by atoms with E-state index in [-0.39, 0.29) is 6.61 Å². The van der Waals surface area contributed by atoms with Crippen molar-refractivity contribution in [3.8, 4) is 0 Å². The summed E-state index contributed by atoms with van der Waals surface area (Å²) in [6.45, 7) is 3.70. The molecule has 1 rings (SSSR count). The first-order valence-electron chi connectivity index (χ1n) is 3.88. The minimum atomic E-state index is 0.0904. The first-order chi connectivity index (χ1) is 6.22. The second-order valence-corrected chi connectivity index (χ2v) is 4.19. The topological polar surface area (TPSA) is 20.2 Å². The van der Waals surface area contributed by atoms with Crippen LogP contribution in [-0.4, -0.2) is 10.9 Å². The first kappa shape index (κ1) is 10.6. The van der Waals surface area contributed by atoms with Crippen molar-refractivity contribution in [3.63, 3.8) is 0 Å². The summed E-state index contributed by atoms with van der Waals surface area (Å²) in [4.78, 5) is 1.14. The molecule has 1 nitrogen and oxygen atoms in total. The zero-order chi connectivity index (χ0) is 9.68. The third kappa shape index (κ3) is 3.85. The summed E-state index contributed by atoms with van der Waals surface area (Å²) in [6.07, 6.45) is 0. The number of aliphatic hydroxyl groups is 1. The lowest BCUT2D eigenvalue weighted by molar-refractivity contribution is 0.282. The van der Waals surface area contributed by atoms with Crippen LogP contribution in [0.15, 0.2) is 40.8 Å². The average molecular weight is 215 g/mol. The molecule has 0 unspecified atom stereocenters. The number of thioether (sulfide) groups is 1. The van der Waals surface area contributed by atoms with Gasteiger partial charge in [0.05, 0.1) is 6.61 Å².